The number of ketones is 1. The molecule has 0 fully saturated rings. The second kappa shape index (κ2) is 17.9. The molecular weight excluding hydrogens is 556 g/mol. The Labute approximate surface area is 253 Å². The molecule has 0 unspecified atom stereocenters. The number of carboxylic acids is 1. The number of nitrogens with one attached hydrogen (secondary N) is 4. The Balaban J connectivity index is 3.07. The molecule has 6 N–H and O–H groups in total. The van der Waals surface area contributed by atoms with Gasteiger partial charge in [-0.3, -0.25) is 28.8 Å². The van der Waals surface area contributed by atoms with Crippen LogP contribution in [0.1, 0.15) is 79.7 Å². The molecule has 43 heavy (non-hydrogen) atoms. The van der Waals surface area contributed by atoms with Gasteiger partial charge in [0.25, 0.3) is 0 Å². The topological polar surface area (TPSA) is 191 Å². The van der Waals surface area contributed by atoms with Crippen LogP contribution in [0.25, 0.3) is 0 Å². The van der Waals surface area contributed by atoms with E-state index < -0.39 is 53.8 Å². The Morgan fingerprint density at radius 2 is 1.16 bits per heavy atom. The monoisotopic (exact) mass is 604 g/mol. The van der Waals surface area contributed by atoms with Gasteiger partial charge in [-0.1, -0.05) is 53.7 Å². The minimum Gasteiger partial charge on any atom is -0.508 e. The van der Waals surface area contributed by atoms with Crippen LogP contribution < -0.4 is 21.3 Å². The fourth-order valence-corrected chi connectivity index (χ4v) is 4.38. The highest BCUT2D eigenvalue weighted by molar-refractivity contribution is 5.95. The third-order valence-electron chi connectivity index (χ3n) is 6.70. The van der Waals surface area contributed by atoms with Crippen molar-refractivity contribution in [1.29, 1.82) is 0 Å². The van der Waals surface area contributed by atoms with Crippen LogP contribution in [-0.4, -0.2) is 69.8 Å². The summed E-state index contributed by atoms with van der Waals surface area (Å²) in [6, 6.07) is 2.41. The summed E-state index contributed by atoms with van der Waals surface area (Å²) in [6.07, 6.45) is 0.0552. The van der Waals surface area contributed by atoms with Gasteiger partial charge in [0.15, 0.2) is 5.78 Å². The first-order chi connectivity index (χ1) is 20.0. The van der Waals surface area contributed by atoms with Crippen molar-refractivity contribution in [2.75, 3.05) is 0 Å². The molecule has 0 radical (unpaired) electrons. The van der Waals surface area contributed by atoms with Crippen LogP contribution in [0.4, 0.5) is 0 Å². The zero-order valence-electron chi connectivity index (χ0n) is 26.2. The average Bonchev–Trinajstić information content (AvgIpc) is 2.89. The van der Waals surface area contributed by atoms with Crippen molar-refractivity contribution in [2.45, 2.75) is 105 Å². The second-order valence-electron chi connectivity index (χ2n) is 12.1. The molecule has 1 aromatic carbocycles. The highest BCUT2D eigenvalue weighted by atomic mass is 16.4. The standard InChI is InChI=1S/C31H48N4O8/c1-17(2)14-24(32-26(38)12-13-27(39)40)29(41)34-25(15-18(3)4)30(42)35-28(19(5)6)31(43)33-23(20(7)36)16-21-8-10-22(37)11-9-21/h8-11,17-19,23-25,28,37H,12-16H2,1-7H3,(H,32,38)(H,33,43)(H,34,41)(H,35,42)(H,39,40)/t23-,24-,25-,28-/m0/s1. The first-order valence-electron chi connectivity index (χ1n) is 14.7. The van der Waals surface area contributed by atoms with Gasteiger partial charge in [0.1, 0.15) is 23.9 Å². The third-order valence-corrected chi connectivity index (χ3v) is 6.70. The lowest BCUT2D eigenvalue weighted by molar-refractivity contribution is -0.139. The molecule has 0 saturated carbocycles. The predicted molar refractivity (Wildman–Crippen MR) is 161 cm³/mol. The van der Waals surface area contributed by atoms with E-state index in [9.17, 15) is 33.9 Å². The molecule has 0 aliphatic carbocycles. The summed E-state index contributed by atoms with van der Waals surface area (Å²) in [7, 11) is 0. The summed E-state index contributed by atoms with van der Waals surface area (Å²) in [4.78, 5) is 75.5. The molecule has 1 aromatic rings. The minimum absolute atomic E-state index is 0.0107. The van der Waals surface area contributed by atoms with Gasteiger partial charge in [-0.05, 0) is 61.6 Å². The Morgan fingerprint density at radius 1 is 0.674 bits per heavy atom. The summed E-state index contributed by atoms with van der Waals surface area (Å²) >= 11 is 0. The molecule has 0 aromatic heterocycles. The lowest BCUT2D eigenvalue weighted by Gasteiger charge is -2.29. The van der Waals surface area contributed by atoms with Crippen LogP contribution in [0, 0.1) is 17.8 Å². The van der Waals surface area contributed by atoms with Crippen LogP contribution in [0.2, 0.25) is 0 Å². The first kappa shape index (κ1) is 37.1. The highest BCUT2D eigenvalue weighted by Gasteiger charge is 2.32. The predicted octanol–water partition coefficient (Wildman–Crippen LogP) is 2.08. The average molecular weight is 605 g/mol. The van der Waals surface area contributed by atoms with Crippen molar-refractivity contribution < 1.29 is 39.0 Å². The number of benzene rings is 1. The molecule has 4 atom stereocenters. The number of carboxylic acid groups (broad SMARTS) is 1. The number of amides is 4. The zero-order valence-corrected chi connectivity index (χ0v) is 26.2. The van der Waals surface area contributed by atoms with Crippen LogP contribution in [0.3, 0.4) is 0 Å². The van der Waals surface area contributed by atoms with Crippen LogP contribution in [0.5, 0.6) is 5.75 Å². The Morgan fingerprint density at radius 3 is 1.63 bits per heavy atom. The largest absolute Gasteiger partial charge is 0.508 e. The number of phenols is 1. The maximum absolute atomic E-state index is 13.5. The van der Waals surface area contributed by atoms with Crippen molar-refractivity contribution in [3.8, 4) is 5.75 Å². The molecule has 0 bridgehead atoms. The first-order valence-corrected chi connectivity index (χ1v) is 14.7. The number of carbonyl (C=O) groups excluding carboxylic acids is 5. The number of hydrogen-bond donors (Lipinski definition) is 6. The van der Waals surface area contributed by atoms with Gasteiger partial charge in [0.05, 0.1) is 12.5 Å². The number of aromatic hydroxyl groups is 1. The second-order valence-corrected chi connectivity index (χ2v) is 12.1. The number of hydrogen-bond acceptors (Lipinski definition) is 7. The fraction of sp³-hybridized carbons (Fsp3) is 0.613. The molecular formula is C31H48N4O8. The number of Topliss-reactive ketones (excluding diaryl/α,β-unsaturated/α-hetero) is 1. The third kappa shape index (κ3) is 14.2. The van der Waals surface area contributed by atoms with E-state index in [0.717, 1.165) is 5.56 Å². The van der Waals surface area contributed by atoms with E-state index in [-0.39, 0.29) is 61.4 Å². The highest BCUT2D eigenvalue weighted by Crippen LogP contribution is 2.14. The summed E-state index contributed by atoms with van der Waals surface area (Å²) < 4.78 is 0. The maximum atomic E-state index is 13.5. The summed E-state index contributed by atoms with van der Waals surface area (Å²) in [5, 5.41) is 29.1. The zero-order chi connectivity index (χ0) is 32.9. The minimum atomic E-state index is -1.13. The van der Waals surface area contributed by atoms with Crippen molar-refractivity contribution in [3.63, 3.8) is 0 Å². The van der Waals surface area contributed by atoms with Gasteiger partial charge in [-0.2, -0.15) is 0 Å². The van der Waals surface area contributed by atoms with E-state index in [1.54, 1.807) is 26.0 Å². The van der Waals surface area contributed by atoms with Crippen molar-refractivity contribution >= 4 is 35.4 Å². The quantitative estimate of drug-likeness (QED) is 0.147. The SMILES string of the molecule is CC(=O)[C@H](Cc1ccc(O)cc1)NC(=O)[C@@H](NC(=O)[C@H](CC(C)C)NC(=O)[C@H](CC(C)C)NC(=O)CCC(=O)O)C(C)C. The van der Waals surface area contributed by atoms with Crippen LogP contribution in [0.15, 0.2) is 24.3 Å². The normalized spacial score (nSPS) is 14.0. The van der Waals surface area contributed by atoms with Gasteiger partial charge >= 0.3 is 5.97 Å². The molecule has 0 spiro atoms. The van der Waals surface area contributed by atoms with E-state index in [4.69, 9.17) is 5.11 Å². The van der Waals surface area contributed by atoms with Crippen molar-refractivity contribution in [2.24, 2.45) is 17.8 Å². The van der Waals surface area contributed by atoms with E-state index in [1.807, 2.05) is 27.7 Å². The smallest absolute Gasteiger partial charge is 0.303 e. The maximum Gasteiger partial charge on any atom is 0.303 e. The van der Waals surface area contributed by atoms with Gasteiger partial charge in [0.2, 0.25) is 23.6 Å². The molecule has 0 aliphatic rings. The van der Waals surface area contributed by atoms with Gasteiger partial charge in [0, 0.05) is 6.42 Å². The number of rotatable bonds is 18. The number of aliphatic carboxylic acids is 1. The van der Waals surface area contributed by atoms with E-state index in [0.29, 0.717) is 0 Å². The molecule has 4 amide bonds. The van der Waals surface area contributed by atoms with Crippen molar-refractivity contribution in [3.05, 3.63) is 29.8 Å². The molecule has 0 saturated heterocycles. The summed E-state index contributed by atoms with van der Waals surface area (Å²) in [6.45, 7) is 12.3. The van der Waals surface area contributed by atoms with E-state index >= 15 is 0 Å². The Kier molecular flexibility index (Phi) is 15.4. The Bertz CT molecular complexity index is 1120. The fourth-order valence-electron chi connectivity index (χ4n) is 4.38. The molecule has 240 valence electrons. The van der Waals surface area contributed by atoms with Crippen molar-refractivity contribution in [1.82, 2.24) is 21.3 Å². The van der Waals surface area contributed by atoms with Gasteiger partial charge < -0.3 is 31.5 Å². The lowest BCUT2D eigenvalue weighted by Crippen LogP contribution is -2.59. The molecule has 12 nitrogen and oxygen atoms in total. The summed E-state index contributed by atoms with van der Waals surface area (Å²) in [5.41, 5.74) is 0.731. The van der Waals surface area contributed by atoms with Crippen LogP contribution >= 0.6 is 0 Å². The number of phenolic OH excluding ortho intramolecular Hbond substituents is 1. The van der Waals surface area contributed by atoms with Crippen LogP contribution in [-0.2, 0) is 35.2 Å². The summed E-state index contributed by atoms with van der Waals surface area (Å²) in [5.74, 6) is -4.01. The lowest BCUT2D eigenvalue weighted by atomic mass is 9.97. The van der Waals surface area contributed by atoms with Gasteiger partial charge in [-0.25, -0.2) is 0 Å². The van der Waals surface area contributed by atoms with Gasteiger partial charge in [-0.15, -0.1) is 0 Å². The Hall–Kier alpha value is -3.96. The van der Waals surface area contributed by atoms with E-state index in [2.05, 4.69) is 21.3 Å². The molecule has 1 rings (SSSR count). The number of carbonyl (C=O) groups is 6. The molecule has 12 heteroatoms. The molecule has 0 heterocycles. The van der Waals surface area contributed by atoms with E-state index in [1.165, 1.54) is 19.1 Å². The molecule has 0 aliphatic heterocycles.